The number of rotatable bonds is 4. The van der Waals surface area contributed by atoms with Crippen molar-refractivity contribution < 1.29 is 9.53 Å². The monoisotopic (exact) mass is 262 g/mol. The van der Waals surface area contributed by atoms with Crippen molar-refractivity contribution in [1.29, 1.82) is 0 Å². The van der Waals surface area contributed by atoms with Crippen LogP contribution in [-0.4, -0.2) is 43.2 Å². The molecule has 1 aliphatic rings. The van der Waals surface area contributed by atoms with Gasteiger partial charge in [0.25, 0.3) is 5.91 Å². The van der Waals surface area contributed by atoms with E-state index in [1.165, 1.54) is 0 Å². The van der Waals surface area contributed by atoms with Gasteiger partial charge in [-0.25, -0.2) is 0 Å². The molecule has 4 nitrogen and oxygen atoms in total. The number of anilines is 1. The van der Waals surface area contributed by atoms with E-state index in [1.54, 1.807) is 0 Å². The van der Waals surface area contributed by atoms with Gasteiger partial charge in [-0.15, -0.1) is 0 Å². The summed E-state index contributed by atoms with van der Waals surface area (Å²) >= 11 is 0. The summed E-state index contributed by atoms with van der Waals surface area (Å²) in [6.45, 7) is 7.06. The number of amides is 1. The summed E-state index contributed by atoms with van der Waals surface area (Å²) < 4.78 is 5.45. The Morgan fingerprint density at radius 3 is 2.79 bits per heavy atom. The maximum Gasteiger partial charge on any atom is 0.254 e. The van der Waals surface area contributed by atoms with E-state index < -0.39 is 0 Å². The number of hydrogen-bond donors (Lipinski definition) is 1. The van der Waals surface area contributed by atoms with E-state index in [9.17, 15) is 4.79 Å². The van der Waals surface area contributed by atoms with Gasteiger partial charge in [0.2, 0.25) is 0 Å². The average molecular weight is 262 g/mol. The van der Waals surface area contributed by atoms with Gasteiger partial charge in [0.05, 0.1) is 12.7 Å². The van der Waals surface area contributed by atoms with Crippen molar-refractivity contribution in [3.63, 3.8) is 0 Å². The van der Waals surface area contributed by atoms with Crippen LogP contribution in [0.2, 0.25) is 0 Å². The van der Waals surface area contributed by atoms with Gasteiger partial charge < -0.3 is 15.0 Å². The normalized spacial score (nSPS) is 19.3. The van der Waals surface area contributed by atoms with Crippen molar-refractivity contribution in [3.8, 4) is 0 Å². The number of ether oxygens (including phenoxy) is 1. The third-order valence-corrected chi connectivity index (χ3v) is 3.24. The molecule has 0 spiro atoms. The predicted molar refractivity (Wildman–Crippen MR) is 76.5 cm³/mol. The molecule has 19 heavy (non-hydrogen) atoms. The van der Waals surface area contributed by atoms with Crippen LogP contribution in [0, 0.1) is 0 Å². The molecule has 1 N–H and O–H groups in total. The minimum atomic E-state index is 0.0946. The van der Waals surface area contributed by atoms with E-state index in [0.29, 0.717) is 19.7 Å². The van der Waals surface area contributed by atoms with Gasteiger partial charge in [-0.2, -0.15) is 0 Å². The van der Waals surface area contributed by atoms with Crippen LogP contribution < -0.4 is 5.32 Å². The molecule has 1 unspecified atom stereocenters. The number of carbonyl (C=O) groups excluding carboxylic acids is 1. The highest BCUT2D eigenvalue weighted by molar-refractivity contribution is 5.94. The summed E-state index contributed by atoms with van der Waals surface area (Å²) in [4.78, 5) is 14.2. The van der Waals surface area contributed by atoms with Gasteiger partial charge in [0.1, 0.15) is 0 Å². The molecular weight excluding hydrogens is 240 g/mol. The maximum absolute atomic E-state index is 12.3. The zero-order valence-electron chi connectivity index (χ0n) is 11.7. The number of benzene rings is 1. The zero-order chi connectivity index (χ0) is 13.7. The van der Waals surface area contributed by atoms with Gasteiger partial charge in [-0.05, 0) is 37.6 Å². The number of nitrogens with one attached hydrogen (secondary N) is 1. The fourth-order valence-electron chi connectivity index (χ4n) is 2.19. The number of carbonyl (C=O) groups is 1. The Bertz CT molecular complexity index is 417. The molecule has 0 radical (unpaired) electrons. The van der Waals surface area contributed by atoms with Crippen molar-refractivity contribution in [2.45, 2.75) is 26.4 Å². The van der Waals surface area contributed by atoms with Crippen LogP contribution in [0.25, 0.3) is 0 Å². The smallest absolute Gasteiger partial charge is 0.254 e. The second-order valence-electron chi connectivity index (χ2n) is 4.94. The quantitative estimate of drug-likeness (QED) is 0.905. The van der Waals surface area contributed by atoms with Crippen LogP contribution in [0.3, 0.4) is 0 Å². The standard InChI is InChI=1S/C15H22N2O2/c1-3-8-16-14-6-4-13(5-7-14)15(18)17-9-10-19-12(2)11-17/h4-7,12,16H,3,8-11H2,1-2H3. The highest BCUT2D eigenvalue weighted by Crippen LogP contribution is 2.14. The Hall–Kier alpha value is -1.55. The van der Waals surface area contributed by atoms with E-state index in [4.69, 9.17) is 4.74 Å². The molecule has 0 saturated carbocycles. The molecule has 1 aromatic rings. The van der Waals surface area contributed by atoms with E-state index >= 15 is 0 Å². The van der Waals surface area contributed by atoms with E-state index in [2.05, 4.69) is 12.2 Å². The van der Waals surface area contributed by atoms with Gasteiger partial charge in [0.15, 0.2) is 0 Å². The van der Waals surface area contributed by atoms with E-state index in [-0.39, 0.29) is 12.0 Å². The van der Waals surface area contributed by atoms with Crippen molar-refractivity contribution in [2.24, 2.45) is 0 Å². The van der Waals surface area contributed by atoms with Gasteiger partial charge in [-0.1, -0.05) is 6.92 Å². The molecule has 0 aromatic heterocycles. The van der Waals surface area contributed by atoms with Gasteiger partial charge in [0, 0.05) is 30.9 Å². The highest BCUT2D eigenvalue weighted by atomic mass is 16.5. The Balaban J connectivity index is 1.98. The van der Waals surface area contributed by atoms with Crippen LogP contribution in [0.4, 0.5) is 5.69 Å². The van der Waals surface area contributed by atoms with Crippen LogP contribution in [0.5, 0.6) is 0 Å². The van der Waals surface area contributed by atoms with Crippen LogP contribution in [-0.2, 0) is 4.74 Å². The molecule has 1 heterocycles. The summed E-state index contributed by atoms with van der Waals surface area (Å²) in [6.07, 6.45) is 1.22. The molecule has 1 atom stereocenters. The SMILES string of the molecule is CCCNc1ccc(C(=O)N2CCOC(C)C2)cc1. The molecule has 104 valence electrons. The first-order valence-corrected chi connectivity index (χ1v) is 6.95. The molecular formula is C15H22N2O2. The minimum absolute atomic E-state index is 0.0946. The molecule has 1 fully saturated rings. The van der Waals surface area contributed by atoms with Crippen LogP contribution in [0.1, 0.15) is 30.6 Å². The fourth-order valence-corrected chi connectivity index (χ4v) is 2.19. The first-order chi connectivity index (χ1) is 9.20. The number of nitrogens with zero attached hydrogens (tertiary/aromatic N) is 1. The molecule has 1 aromatic carbocycles. The summed E-state index contributed by atoms with van der Waals surface area (Å²) in [5, 5.41) is 3.30. The average Bonchev–Trinajstić information content (AvgIpc) is 2.45. The van der Waals surface area contributed by atoms with Gasteiger partial charge >= 0.3 is 0 Å². The molecule has 1 aliphatic heterocycles. The molecule has 1 amide bonds. The largest absolute Gasteiger partial charge is 0.385 e. The van der Waals surface area contributed by atoms with Crippen molar-refractivity contribution >= 4 is 11.6 Å². The number of morpholine rings is 1. The Morgan fingerprint density at radius 2 is 2.16 bits per heavy atom. The Labute approximate surface area is 114 Å². The lowest BCUT2D eigenvalue weighted by Crippen LogP contribution is -2.44. The molecule has 1 saturated heterocycles. The molecule has 0 bridgehead atoms. The lowest BCUT2D eigenvalue weighted by atomic mass is 10.1. The molecule has 0 aliphatic carbocycles. The summed E-state index contributed by atoms with van der Waals surface area (Å²) in [5.41, 5.74) is 1.81. The van der Waals surface area contributed by atoms with Crippen molar-refractivity contribution in [2.75, 3.05) is 31.6 Å². The first kappa shape index (κ1) is 13.9. The number of hydrogen-bond acceptors (Lipinski definition) is 3. The predicted octanol–water partition coefficient (Wildman–Crippen LogP) is 2.37. The fraction of sp³-hybridized carbons (Fsp3) is 0.533. The first-order valence-electron chi connectivity index (χ1n) is 6.95. The second-order valence-corrected chi connectivity index (χ2v) is 4.94. The topological polar surface area (TPSA) is 41.6 Å². The van der Waals surface area contributed by atoms with E-state index in [1.807, 2.05) is 36.1 Å². The van der Waals surface area contributed by atoms with Crippen LogP contribution in [0.15, 0.2) is 24.3 Å². The summed E-state index contributed by atoms with van der Waals surface area (Å²) in [7, 11) is 0. The summed E-state index contributed by atoms with van der Waals surface area (Å²) in [6, 6.07) is 7.71. The highest BCUT2D eigenvalue weighted by Gasteiger charge is 2.22. The maximum atomic E-state index is 12.3. The van der Waals surface area contributed by atoms with Gasteiger partial charge in [-0.3, -0.25) is 4.79 Å². The van der Waals surface area contributed by atoms with E-state index in [0.717, 1.165) is 24.2 Å². The lowest BCUT2D eigenvalue weighted by Gasteiger charge is -2.31. The minimum Gasteiger partial charge on any atom is -0.385 e. The third kappa shape index (κ3) is 3.70. The summed E-state index contributed by atoms with van der Waals surface area (Å²) in [5.74, 6) is 0.0946. The second kappa shape index (κ2) is 6.57. The van der Waals surface area contributed by atoms with Crippen molar-refractivity contribution in [3.05, 3.63) is 29.8 Å². The van der Waals surface area contributed by atoms with Crippen LogP contribution >= 0.6 is 0 Å². The third-order valence-electron chi connectivity index (χ3n) is 3.24. The molecule has 4 heteroatoms. The van der Waals surface area contributed by atoms with Crippen molar-refractivity contribution in [1.82, 2.24) is 4.90 Å². The Kier molecular flexibility index (Phi) is 4.80. The Morgan fingerprint density at radius 1 is 1.42 bits per heavy atom. The molecule has 2 rings (SSSR count). The lowest BCUT2D eigenvalue weighted by molar-refractivity contribution is -0.0124. The zero-order valence-corrected chi connectivity index (χ0v) is 11.7.